The third kappa shape index (κ3) is 6.13. The third-order valence-electron chi connectivity index (χ3n) is 6.16. The standard InChI is InChI=1S/C28H31N3O5/c1-2-35-23-16-14-22(15-17-23)31(25(32)19-29-27(33)24-13-8-18-36-24)26(20-9-4-3-5-10-20)28(34)30-21-11-6-7-12-21/h3-5,8-10,13-18,21,26H,2,6-7,11-12,19H2,1H3,(H,29,33)(H,30,34)/t26-/m1/s1. The van der Waals surface area contributed by atoms with E-state index in [-0.39, 0.29) is 24.3 Å². The highest BCUT2D eigenvalue weighted by Crippen LogP contribution is 2.30. The zero-order valence-corrected chi connectivity index (χ0v) is 20.3. The Hall–Kier alpha value is -4.07. The summed E-state index contributed by atoms with van der Waals surface area (Å²) in [6.45, 7) is 2.09. The van der Waals surface area contributed by atoms with E-state index < -0.39 is 17.9 Å². The van der Waals surface area contributed by atoms with E-state index in [1.807, 2.05) is 37.3 Å². The van der Waals surface area contributed by atoms with E-state index in [4.69, 9.17) is 9.15 Å². The molecule has 1 atom stereocenters. The van der Waals surface area contributed by atoms with Crippen molar-refractivity contribution in [2.45, 2.75) is 44.7 Å². The van der Waals surface area contributed by atoms with Crippen molar-refractivity contribution in [2.24, 2.45) is 0 Å². The predicted molar refractivity (Wildman–Crippen MR) is 136 cm³/mol. The first-order valence-electron chi connectivity index (χ1n) is 12.3. The van der Waals surface area contributed by atoms with Crippen LogP contribution in [0.1, 0.15) is 54.8 Å². The van der Waals surface area contributed by atoms with Gasteiger partial charge in [0.2, 0.25) is 11.8 Å². The largest absolute Gasteiger partial charge is 0.494 e. The molecule has 8 nitrogen and oxygen atoms in total. The monoisotopic (exact) mass is 489 g/mol. The van der Waals surface area contributed by atoms with Gasteiger partial charge in [0.25, 0.3) is 5.91 Å². The minimum absolute atomic E-state index is 0.0830. The van der Waals surface area contributed by atoms with Crippen LogP contribution in [0.3, 0.4) is 0 Å². The SMILES string of the molecule is CCOc1ccc(N(C(=O)CNC(=O)c2ccco2)[C@@H](C(=O)NC2CCCC2)c2ccccc2)cc1. The average Bonchev–Trinajstić information content (AvgIpc) is 3.62. The fraction of sp³-hybridized carbons (Fsp3) is 0.321. The second kappa shape index (κ2) is 12.1. The van der Waals surface area contributed by atoms with Crippen LogP contribution in [0, 0.1) is 0 Å². The Morgan fingerprint density at radius 1 is 1.00 bits per heavy atom. The average molecular weight is 490 g/mol. The van der Waals surface area contributed by atoms with E-state index in [1.54, 1.807) is 30.3 Å². The van der Waals surface area contributed by atoms with Crippen LogP contribution in [-0.4, -0.2) is 36.9 Å². The number of benzene rings is 2. The first-order valence-corrected chi connectivity index (χ1v) is 12.3. The lowest BCUT2D eigenvalue weighted by Gasteiger charge is -2.32. The lowest BCUT2D eigenvalue weighted by molar-refractivity contribution is -0.126. The Bertz CT molecular complexity index is 1140. The highest BCUT2D eigenvalue weighted by molar-refractivity contribution is 6.04. The molecule has 2 N–H and O–H groups in total. The molecule has 1 fully saturated rings. The molecule has 0 unspecified atom stereocenters. The van der Waals surface area contributed by atoms with Crippen LogP contribution in [0.4, 0.5) is 5.69 Å². The summed E-state index contributed by atoms with van der Waals surface area (Å²) in [7, 11) is 0. The van der Waals surface area contributed by atoms with Crippen molar-refractivity contribution in [1.82, 2.24) is 10.6 Å². The molecular weight excluding hydrogens is 458 g/mol. The zero-order valence-electron chi connectivity index (χ0n) is 20.3. The van der Waals surface area contributed by atoms with Crippen molar-refractivity contribution in [2.75, 3.05) is 18.1 Å². The zero-order chi connectivity index (χ0) is 25.3. The minimum atomic E-state index is -0.919. The number of carbonyl (C=O) groups is 3. The number of rotatable bonds is 10. The highest BCUT2D eigenvalue weighted by atomic mass is 16.5. The molecule has 1 aliphatic rings. The number of carbonyl (C=O) groups excluding carboxylic acids is 3. The highest BCUT2D eigenvalue weighted by Gasteiger charge is 2.34. The van der Waals surface area contributed by atoms with Crippen molar-refractivity contribution < 1.29 is 23.5 Å². The van der Waals surface area contributed by atoms with Crippen molar-refractivity contribution in [3.63, 3.8) is 0 Å². The summed E-state index contributed by atoms with van der Waals surface area (Å²) in [6.07, 6.45) is 5.37. The summed E-state index contributed by atoms with van der Waals surface area (Å²) in [6, 6.07) is 18.5. The van der Waals surface area contributed by atoms with E-state index >= 15 is 0 Å². The van der Waals surface area contributed by atoms with E-state index in [1.165, 1.54) is 17.2 Å². The Kier molecular flexibility index (Phi) is 8.39. The number of hydrogen-bond acceptors (Lipinski definition) is 5. The maximum Gasteiger partial charge on any atom is 0.287 e. The van der Waals surface area contributed by atoms with Crippen molar-refractivity contribution in [1.29, 1.82) is 0 Å². The van der Waals surface area contributed by atoms with Gasteiger partial charge in [0, 0.05) is 11.7 Å². The van der Waals surface area contributed by atoms with Crippen LogP contribution < -0.4 is 20.3 Å². The second-order valence-electron chi connectivity index (χ2n) is 8.65. The summed E-state index contributed by atoms with van der Waals surface area (Å²) < 4.78 is 10.7. The van der Waals surface area contributed by atoms with Gasteiger partial charge < -0.3 is 19.8 Å². The summed E-state index contributed by atoms with van der Waals surface area (Å²) in [5.74, 6) is -0.436. The van der Waals surface area contributed by atoms with Gasteiger partial charge >= 0.3 is 0 Å². The molecule has 0 bridgehead atoms. The van der Waals surface area contributed by atoms with E-state index in [2.05, 4.69) is 10.6 Å². The molecule has 4 rings (SSSR count). The van der Waals surface area contributed by atoms with E-state index in [9.17, 15) is 14.4 Å². The molecule has 0 spiro atoms. The van der Waals surface area contributed by atoms with Gasteiger partial charge in [-0.15, -0.1) is 0 Å². The molecule has 1 aromatic heterocycles. The molecule has 0 saturated heterocycles. The number of amides is 3. The molecule has 1 aliphatic carbocycles. The summed E-state index contributed by atoms with van der Waals surface area (Å²) in [5.41, 5.74) is 1.19. The maximum absolute atomic E-state index is 13.7. The van der Waals surface area contributed by atoms with Crippen LogP contribution in [0.2, 0.25) is 0 Å². The smallest absolute Gasteiger partial charge is 0.287 e. The lowest BCUT2D eigenvalue weighted by Crippen LogP contribution is -2.49. The fourth-order valence-electron chi connectivity index (χ4n) is 4.45. The van der Waals surface area contributed by atoms with Crippen LogP contribution in [-0.2, 0) is 9.59 Å². The van der Waals surface area contributed by atoms with Crippen molar-refractivity contribution in [3.05, 3.63) is 84.3 Å². The maximum atomic E-state index is 13.7. The van der Waals surface area contributed by atoms with Gasteiger partial charge in [0.05, 0.1) is 19.4 Å². The Balaban J connectivity index is 1.66. The first-order chi connectivity index (χ1) is 17.6. The molecular formula is C28H31N3O5. The molecule has 36 heavy (non-hydrogen) atoms. The van der Waals surface area contributed by atoms with Crippen molar-refractivity contribution >= 4 is 23.4 Å². The summed E-state index contributed by atoms with van der Waals surface area (Å²) in [5, 5.41) is 5.75. The van der Waals surface area contributed by atoms with Gasteiger partial charge in [-0.25, -0.2) is 0 Å². The normalized spacial score (nSPS) is 14.1. The Morgan fingerprint density at radius 2 is 1.72 bits per heavy atom. The molecule has 0 radical (unpaired) electrons. The third-order valence-corrected chi connectivity index (χ3v) is 6.16. The van der Waals surface area contributed by atoms with Crippen LogP contribution in [0.5, 0.6) is 5.75 Å². The van der Waals surface area contributed by atoms with Gasteiger partial charge in [-0.3, -0.25) is 19.3 Å². The van der Waals surface area contributed by atoms with Gasteiger partial charge in [-0.1, -0.05) is 43.2 Å². The van der Waals surface area contributed by atoms with Crippen LogP contribution in [0.15, 0.2) is 77.4 Å². The summed E-state index contributed by atoms with van der Waals surface area (Å²) >= 11 is 0. The molecule has 1 saturated carbocycles. The van der Waals surface area contributed by atoms with E-state index in [0.717, 1.165) is 25.7 Å². The molecule has 1 heterocycles. The number of nitrogens with one attached hydrogen (secondary N) is 2. The number of nitrogens with zero attached hydrogens (tertiary/aromatic N) is 1. The molecule has 3 aromatic rings. The molecule has 8 heteroatoms. The Morgan fingerprint density at radius 3 is 2.36 bits per heavy atom. The number of hydrogen-bond donors (Lipinski definition) is 2. The molecule has 0 aliphatic heterocycles. The topological polar surface area (TPSA) is 101 Å². The quantitative estimate of drug-likeness (QED) is 0.444. The number of anilines is 1. The fourth-order valence-corrected chi connectivity index (χ4v) is 4.45. The number of ether oxygens (including phenoxy) is 1. The van der Waals surface area contributed by atoms with Crippen LogP contribution >= 0.6 is 0 Å². The van der Waals surface area contributed by atoms with Crippen LogP contribution in [0.25, 0.3) is 0 Å². The molecule has 3 amide bonds. The van der Waals surface area contributed by atoms with Gasteiger partial charge in [-0.05, 0) is 61.7 Å². The number of furan rings is 1. The predicted octanol–water partition coefficient (Wildman–Crippen LogP) is 4.24. The van der Waals surface area contributed by atoms with E-state index in [0.29, 0.717) is 23.6 Å². The molecule has 2 aromatic carbocycles. The Labute approximate surface area is 210 Å². The van der Waals surface area contributed by atoms with Gasteiger partial charge in [0.15, 0.2) is 5.76 Å². The van der Waals surface area contributed by atoms with Crippen molar-refractivity contribution in [3.8, 4) is 5.75 Å². The lowest BCUT2D eigenvalue weighted by atomic mass is 10.0. The first kappa shape index (κ1) is 25.0. The second-order valence-corrected chi connectivity index (χ2v) is 8.65. The molecule has 188 valence electrons. The summed E-state index contributed by atoms with van der Waals surface area (Å²) in [4.78, 5) is 41.2. The minimum Gasteiger partial charge on any atom is -0.494 e. The van der Waals surface area contributed by atoms with Gasteiger partial charge in [-0.2, -0.15) is 0 Å². The van der Waals surface area contributed by atoms with Gasteiger partial charge in [0.1, 0.15) is 11.8 Å².